The van der Waals surface area contributed by atoms with Gasteiger partial charge in [-0.3, -0.25) is 4.79 Å². The molecular weight excluding hydrogens is 368 g/mol. The van der Waals surface area contributed by atoms with Crippen LogP contribution in [-0.4, -0.2) is 75.1 Å². The summed E-state index contributed by atoms with van der Waals surface area (Å²) in [6, 6.07) is 9.82. The van der Waals surface area contributed by atoms with Crippen LogP contribution in [0.3, 0.4) is 0 Å². The Bertz CT molecular complexity index is 886. The van der Waals surface area contributed by atoms with Crippen molar-refractivity contribution < 1.29 is 9.59 Å². The number of fused-ring (bicyclic) bond motifs is 1. The average Bonchev–Trinajstić information content (AvgIpc) is 3.19. The third kappa shape index (κ3) is 3.71. The Labute approximate surface area is 171 Å². The zero-order valence-corrected chi connectivity index (χ0v) is 17.3. The third-order valence-electron chi connectivity index (χ3n) is 5.91. The summed E-state index contributed by atoms with van der Waals surface area (Å²) >= 11 is 0. The molecule has 2 aliphatic heterocycles. The van der Waals surface area contributed by atoms with Crippen LogP contribution in [0.2, 0.25) is 0 Å². The summed E-state index contributed by atoms with van der Waals surface area (Å²) in [7, 11) is 3.52. The van der Waals surface area contributed by atoms with E-state index in [0.29, 0.717) is 44.8 Å². The topological polar surface area (TPSA) is 74.6 Å². The fourth-order valence-corrected chi connectivity index (χ4v) is 4.21. The summed E-state index contributed by atoms with van der Waals surface area (Å²) in [6.07, 6.45) is 1.42. The van der Waals surface area contributed by atoms with Crippen molar-refractivity contribution in [2.45, 2.75) is 32.4 Å². The summed E-state index contributed by atoms with van der Waals surface area (Å²) in [4.78, 5) is 35.4. The molecule has 1 atom stereocenters. The van der Waals surface area contributed by atoms with Crippen LogP contribution >= 0.6 is 0 Å². The van der Waals surface area contributed by atoms with Crippen LogP contribution in [-0.2, 0) is 11.3 Å². The number of amides is 3. The van der Waals surface area contributed by atoms with E-state index in [1.54, 1.807) is 19.0 Å². The SMILES string of the molecule is C[C@H]1c2nc(-c3ccccc3)nn2CCN1C(=O)C1CCN(C(=O)N(C)C)CC1. The molecule has 1 saturated heterocycles. The van der Waals surface area contributed by atoms with Crippen molar-refractivity contribution in [1.29, 1.82) is 0 Å². The lowest BCUT2D eigenvalue weighted by molar-refractivity contribution is -0.140. The molecule has 8 nitrogen and oxygen atoms in total. The minimum Gasteiger partial charge on any atom is -0.331 e. The van der Waals surface area contributed by atoms with Crippen molar-refractivity contribution in [2.75, 3.05) is 33.7 Å². The van der Waals surface area contributed by atoms with Gasteiger partial charge in [0.05, 0.1) is 12.6 Å². The number of aromatic nitrogens is 3. The first-order valence-corrected chi connectivity index (χ1v) is 10.2. The second-order valence-corrected chi connectivity index (χ2v) is 8.03. The van der Waals surface area contributed by atoms with E-state index in [1.165, 1.54) is 0 Å². The first kappa shape index (κ1) is 19.4. The predicted molar refractivity (Wildman–Crippen MR) is 109 cm³/mol. The smallest absolute Gasteiger partial charge is 0.319 e. The number of hydrogen-bond donors (Lipinski definition) is 0. The standard InChI is InChI=1S/C21H28N6O2/c1-15-19-22-18(16-7-5-4-6-8-16)23-27(19)14-13-26(15)20(28)17-9-11-25(12-10-17)21(29)24(2)3/h4-8,15,17H,9-14H2,1-3H3/t15-/m0/s1. The summed E-state index contributed by atoms with van der Waals surface area (Å²) in [5, 5.41) is 4.64. The van der Waals surface area contributed by atoms with Crippen LogP contribution in [0.25, 0.3) is 11.4 Å². The Kier molecular flexibility index (Phi) is 5.25. The number of carbonyl (C=O) groups excluding carboxylic acids is 2. The van der Waals surface area contributed by atoms with E-state index in [4.69, 9.17) is 4.98 Å². The molecule has 2 aromatic rings. The van der Waals surface area contributed by atoms with Gasteiger partial charge in [-0.1, -0.05) is 30.3 Å². The largest absolute Gasteiger partial charge is 0.331 e. The lowest BCUT2D eigenvalue weighted by atomic mass is 9.94. The maximum absolute atomic E-state index is 13.2. The molecule has 154 valence electrons. The molecule has 29 heavy (non-hydrogen) atoms. The zero-order valence-electron chi connectivity index (χ0n) is 17.3. The van der Waals surface area contributed by atoms with E-state index in [0.717, 1.165) is 11.4 Å². The van der Waals surface area contributed by atoms with Gasteiger partial charge in [0.1, 0.15) is 5.82 Å². The van der Waals surface area contributed by atoms with Gasteiger partial charge in [-0.15, -0.1) is 0 Å². The minimum atomic E-state index is -0.109. The van der Waals surface area contributed by atoms with Gasteiger partial charge >= 0.3 is 6.03 Å². The van der Waals surface area contributed by atoms with E-state index < -0.39 is 0 Å². The molecule has 0 unspecified atom stereocenters. The van der Waals surface area contributed by atoms with Gasteiger partial charge in [0.25, 0.3) is 0 Å². The highest BCUT2D eigenvalue weighted by Gasteiger charge is 2.36. The number of urea groups is 1. The quantitative estimate of drug-likeness (QED) is 0.780. The van der Waals surface area contributed by atoms with Crippen molar-refractivity contribution in [2.24, 2.45) is 5.92 Å². The summed E-state index contributed by atoms with van der Waals surface area (Å²) in [5.74, 6) is 1.68. The molecule has 3 amide bonds. The molecule has 4 rings (SSSR count). The highest BCUT2D eigenvalue weighted by molar-refractivity contribution is 5.80. The molecule has 0 bridgehead atoms. The Balaban J connectivity index is 1.44. The first-order chi connectivity index (χ1) is 14.0. The van der Waals surface area contributed by atoms with Gasteiger partial charge in [0.2, 0.25) is 5.91 Å². The predicted octanol–water partition coefficient (Wildman–Crippen LogP) is 2.24. The minimum absolute atomic E-state index is 0.0174. The van der Waals surface area contributed by atoms with Crippen LogP contribution in [0.4, 0.5) is 4.79 Å². The van der Waals surface area contributed by atoms with Crippen LogP contribution in [0.1, 0.15) is 31.6 Å². The number of hydrogen-bond acceptors (Lipinski definition) is 4. The van der Waals surface area contributed by atoms with Crippen LogP contribution in [0.15, 0.2) is 30.3 Å². The molecule has 2 aliphatic rings. The molecule has 3 heterocycles. The number of rotatable bonds is 2. The van der Waals surface area contributed by atoms with Gasteiger partial charge in [0.15, 0.2) is 5.82 Å². The number of piperidine rings is 1. The van der Waals surface area contributed by atoms with Crippen molar-refractivity contribution in [3.8, 4) is 11.4 Å². The Morgan fingerprint density at radius 3 is 2.38 bits per heavy atom. The van der Waals surface area contributed by atoms with E-state index >= 15 is 0 Å². The van der Waals surface area contributed by atoms with E-state index in [-0.39, 0.29) is 23.9 Å². The molecule has 1 aromatic carbocycles. The van der Waals surface area contributed by atoms with Gasteiger partial charge in [-0.05, 0) is 19.8 Å². The number of likely N-dealkylation sites (tertiary alicyclic amines) is 1. The monoisotopic (exact) mass is 396 g/mol. The Hall–Kier alpha value is -2.90. The zero-order chi connectivity index (χ0) is 20.5. The molecule has 0 saturated carbocycles. The van der Waals surface area contributed by atoms with E-state index in [2.05, 4.69) is 5.10 Å². The van der Waals surface area contributed by atoms with Crippen molar-refractivity contribution in [3.05, 3.63) is 36.2 Å². The van der Waals surface area contributed by atoms with Crippen molar-refractivity contribution in [1.82, 2.24) is 29.5 Å². The van der Waals surface area contributed by atoms with Gasteiger partial charge in [-0.25, -0.2) is 14.5 Å². The van der Waals surface area contributed by atoms with Crippen LogP contribution in [0, 0.1) is 5.92 Å². The number of carbonyl (C=O) groups is 2. The van der Waals surface area contributed by atoms with Gasteiger partial charge in [0, 0.05) is 45.2 Å². The van der Waals surface area contributed by atoms with E-state index in [9.17, 15) is 9.59 Å². The lowest BCUT2D eigenvalue weighted by Gasteiger charge is -2.38. The number of nitrogens with zero attached hydrogens (tertiary/aromatic N) is 6. The summed E-state index contributed by atoms with van der Waals surface area (Å²) in [6.45, 7) is 4.58. The van der Waals surface area contributed by atoms with E-state index in [1.807, 2.05) is 51.7 Å². The molecule has 0 N–H and O–H groups in total. The fraction of sp³-hybridized carbons (Fsp3) is 0.524. The highest BCUT2D eigenvalue weighted by Crippen LogP contribution is 2.30. The molecule has 0 radical (unpaired) electrons. The average molecular weight is 396 g/mol. The first-order valence-electron chi connectivity index (χ1n) is 10.2. The van der Waals surface area contributed by atoms with Gasteiger partial charge in [-0.2, -0.15) is 5.10 Å². The molecule has 1 fully saturated rings. The second kappa shape index (κ2) is 7.85. The molecule has 8 heteroatoms. The highest BCUT2D eigenvalue weighted by atomic mass is 16.2. The molecular formula is C21H28N6O2. The third-order valence-corrected chi connectivity index (χ3v) is 5.91. The normalized spacial score (nSPS) is 19.8. The Morgan fingerprint density at radius 1 is 1.03 bits per heavy atom. The molecule has 0 spiro atoms. The van der Waals surface area contributed by atoms with Crippen LogP contribution in [0.5, 0.6) is 0 Å². The summed E-state index contributed by atoms with van der Waals surface area (Å²) in [5.41, 5.74) is 0.984. The number of benzene rings is 1. The van der Waals surface area contributed by atoms with Crippen molar-refractivity contribution >= 4 is 11.9 Å². The fourth-order valence-electron chi connectivity index (χ4n) is 4.21. The summed E-state index contributed by atoms with van der Waals surface area (Å²) < 4.78 is 1.93. The van der Waals surface area contributed by atoms with Crippen LogP contribution < -0.4 is 0 Å². The molecule has 0 aliphatic carbocycles. The maximum atomic E-state index is 13.2. The molecule has 1 aromatic heterocycles. The maximum Gasteiger partial charge on any atom is 0.319 e. The lowest BCUT2D eigenvalue weighted by Crippen LogP contribution is -2.49. The van der Waals surface area contributed by atoms with Gasteiger partial charge < -0.3 is 14.7 Å². The second-order valence-electron chi connectivity index (χ2n) is 8.03. The van der Waals surface area contributed by atoms with Crippen molar-refractivity contribution in [3.63, 3.8) is 0 Å². The Morgan fingerprint density at radius 2 is 1.72 bits per heavy atom.